The normalized spacial score (nSPS) is 19.4. The number of hydrogen-bond donors (Lipinski definition) is 6. The molecule has 19 nitrogen and oxygen atoms in total. The van der Waals surface area contributed by atoms with Crippen molar-refractivity contribution in [3.63, 3.8) is 0 Å². The molecule has 4 rings (SSSR count). The zero-order valence-electron chi connectivity index (χ0n) is 23.7. The lowest BCUT2D eigenvalue weighted by Gasteiger charge is -2.49. The first-order valence-electron chi connectivity index (χ1n) is 13.2. The second-order valence-electron chi connectivity index (χ2n) is 9.91. The lowest BCUT2D eigenvalue weighted by molar-refractivity contribution is -0.149. The van der Waals surface area contributed by atoms with Gasteiger partial charge in [0, 0.05) is 35.2 Å². The van der Waals surface area contributed by atoms with Gasteiger partial charge < -0.3 is 36.6 Å². The molecule has 4 heterocycles. The first-order valence-corrected chi connectivity index (χ1v) is 16.0. The molecule has 8 N–H and O–H groups in total. The van der Waals surface area contributed by atoms with Crippen molar-refractivity contribution in [2.24, 2.45) is 5.73 Å². The Balaban J connectivity index is 1.42. The number of rotatable bonds is 16. The van der Waals surface area contributed by atoms with E-state index in [0.29, 0.717) is 36.0 Å². The van der Waals surface area contributed by atoms with Crippen LogP contribution in [0, 0.1) is 0 Å². The van der Waals surface area contributed by atoms with Crippen LogP contribution in [0.15, 0.2) is 16.6 Å². The van der Waals surface area contributed by atoms with Crippen molar-refractivity contribution in [2.45, 2.75) is 48.0 Å². The van der Waals surface area contributed by atoms with Crippen LogP contribution in [0.5, 0.6) is 0 Å². The van der Waals surface area contributed by atoms with Gasteiger partial charge in [0.05, 0.1) is 6.54 Å². The first-order chi connectivity index (χ1) is 21.0. The van der Waals surface area contributed by atoms with Crippen LogP contribution in [-0.4, -0.2) is 130 Å². The van der Waals surface area contributed by atoms with Crippen molar-refractivity contribution in [2.75, 3.05) is 44.4 Å². The Labute approximate surface area is 263 Å². The van der Waals surface area contributed by atoms with Gasteiger partial charge in [0.25, 0.3) is 5.91 Å². The number of hydrogen-bond acceptors (Lipinski definition) is 17. The van der Waals surface area contributed by atoms with E-state index in [0.717, 1.165) is 11.5 Å². The summed E-state index contributed by atoms with van der Waals surface area (Å²) < 4.78 is 10.8. The van der Waals surface area contributed by atoms with E-state index < -0.39 is 47.4 Å². The lowest BCUT2D eigenvalue weighted by Crippen LogP contribution is -2.70. The molecule has 4 atom stereocenters. The summed E-state index contributed by atoms with van der Waals surface area (Å²) in [7, 11) is 3.85. The Morgan fingerprint density at radius 2 is 2.07 bits per heavy atom. The summed E-state index contributed by atoms with van der Waals surface area (Å²) in [5.74, 6) is -1.72. The molecule has 1 saturated heterocycles. The van der Waals surface area contributed by atoms with Gasteiger partial charge in [-0.15, -0.1) is 16.9 Å². The summed E-state index contributed by atoms with van der Waals surface area (Å²) in [5.41, 5.74) is 11.8. The summed E-state index contributed by atoms with van der Waals surface area (Å²) >= 11 is 3.52. The van der Waals surface area contributed by atoms with Crippen LogP contribution in [-0.2, 0) is 25.7 Å². The Bertz CT molecular complexity index is 1400. The van der Waals surface area contributed by atoms with E-state index in [2.05, 4.69) is 35.5 Å². The van der Waals surface area contributed by atoms with Crippen LogP contribution in [0.25, 0.3) is 0 Å². The van der Waals surface area contributed by atoms with Gasteiger partial charge in [-0.25, -0.2) is 14.5 Å². The minimum absolute atomic E-state index is 0.0921. The van der Waals surface area contributed by atoms with Crippen LogP contribution >= 0.6 is 35.1 Å². The highest BCUT2D eigenvalue weighted by molar-refractivity contribution is 8.01. The molecule has 0 spiro atoms. The van der Waals surface area contributed by atoms with Crippen molar-refractivity contribution in [3.05, 3.63) is 17.3 Å². The van der Waals surface area contributed by atoms with Crippen molar-refractivity contribution in [1.82, 2.24) is 50.0 Å². The third-order valence-electron chi connectivity index (χ3n) is 6.44. The molecule has 2 aliphatic heterocycles. The Morgan fingerprint density at radius 1 is 1.30 bits per heavy atom. The van der Waals surface area contributed by atoms with Crippen molar-refractivity contribution < 1.29 is 34.1 Å². The van der Waals surface area contributed by atoms with Crippen LogP contribution in [0.1, 0.15) is 24.7 Å². The second kappa shape index (κ2) is 14.9. The number of amides is 2. The molecule has 0 aliphatic carbocycles. The fourth-order valence-electron chi connectivity index (χ4n) is 4.19. The van der Waals surface area contributed by atoms with E-state index in [-0.39, 0.29) is 35.6 Å². The number of carbonyl (C=O) groups is 4. The van der Waals surface area contributed by atoms with Crippen molar-refractivity contribution in [3.8, 4) is 0 Å². The SMILES string of the molecule is CN(C)CCn1nnnc1SCC1=C(OC(=O)O)N2C(=O)[C@@H](NC(=O)[C@@H](NCCC[C@@H](N)C(=O)O)c3nsc(N)n3)[C@@H]2SC1. The highest BCUT2D eigenvalue weighted by atomic mass is 32.2. The lowest BCUT2D eigenvalue weighted by atomic mass is 10.1. The van der Waals surface area contributed by atoms with E-state index in [1.165, 1.54) is 28.4 Å². The number of fused-ring (bicyclic) bond motifs is 1. The number of β-lactam (4-membered cyclic amide) rings is 1. The maximum Gasteiger partial charge on any atom is 0.512 e. The van der Waals surface area contributed by atoms with Gasteiger partial charge >= 0.3 is 12.1 Å². The smallest absolute Gasteiger partial charge is 0.480 e. The number of thioether (sulfide) groups is 2. The molecule has 2 aromatic heterocycles. The van der Waals surface area contributed by atoms with Gasteiger partial charge in [0.2, 0.25) is 16.9 Å². The molecule has 2 aliphatic rings. The quantitative estimate of drug-likeness (QED) is 0.0517. The van der Waals surface area contributed by atoms with E-state index in [4.69, 9.17) is 21.3 Å². The average molecular weight is 673 g/mol. The van der Waals surface area contributed by atoms with Crippen LogP contribution < -0.4 is 22.1 Å². The summed E-state index contributed by atoms with van der Waals surface area (Å²) in [6.07, 6.45) is -1.07. The minimum Gasteiger partial charge on any atom is -0.480 e. The number of carboxylic acid groups (broad SMARTS) is 2. The van der Waals surface area contributed by atoms with Gasteiger partial charge in [-0.1, -0.05) is 11.8 Å². The number of nitrogens with one attached hydrogen (secondary N) is 2. The van der Waals surface area contributed by atoms with Crippen molar-refractivity contribution in [1.29, 1.82) is 0 Å². The fourth-order valence-corrected chi connectivity index (χ4v) is 7.01. The fraction of sp³-hybridized carbons (Fsp3) is 0.591. The summed E-state index contributed by atoms with van der Waals surface area (Å²) in [6, 6.07) is -3.11. The number of anilines is 1. The second-order valence-corrected chi connectivity index (χ2v) is 12.7. The molecule has 2 aromatic rings. The monoisotopic (exact) mass is 672 g/mol. The predicted molar refractivity (Wildman–Crippen MR) is 158 cm³/mol. The largest absolute Gasteiger partial charge is 0.512 e. The van der Waals surface area contributed by atoms with E-state index in [9.17, 15) is 24.3 Å². The van der Waals surface area contributed by atoms with Gasteiger partial charge in [0.1, 0.15) is 23.5 Å². The van der Waals surface area contributed by atoms with Crippen LogP contribution in [0.2, 0.25) is 0 Å². The maximum absolute atomic E-state index is 13.3. The summed E-state index contributed by atoms with van der Waals surface area (Å²) in [5, 5.41) is 35.8. The molecule has 0 radical (unpaired) electrons. The van der Waals surface area contributed by atoms with E-state index in [1.807, 2.05) is 19.0 Å². The molecule has 44 heavy (non-hydrogen) atoms. The van der Waals surface area contributed by atoms with Crippen molar-refractivity contribution >= 4 is 64.1 Å². The Hall–Kier alpha value is -3.57. The number of likely N-dealkylation sites (N-methyl/N-ethyl adjacent to an activating group) is 1. The highest BCUT2D eigenvalue weighted by Gasteiger charge is 2.54. The molecule has 0 unspecified atom stereocenters. The molecule has 240 valence electrons. The van der Waals surface area contributed by atoms with Crippen LogP contribution in [0.4, 0.5) is 9.93 Å². The third-order valence-corrected chi connectivity index (χ3v) is 9.38. The van der Waals surface area contributed by atoms with Gasteiger partial charge in [-0.05, 0) is 43.9 Å². The van der Waals surface area contributed by atoms with E-state index >= 15 is 0 Å². The molecule has 2 amide bonds. The summed E-state index contributed by atoms with van der Waals surface area (Å²) in [4.78, 5) is 56.4. The number of ether oxygens (including phenoxy) is 1. The number of nitrogens with zero attached hydrogens (tertiary/aromatic N) is 8. The molecule has 0 aromatic carbocycles. The number of carbonyl (C=O) groups excluding carboxylic acids is 2. The average Bonchev–Trinajstić information content (AvgIpc) is 3.61. The first kappa shape index (κ1) is 33.3. The molecular weight excluding hydrogens is 641 g/mol. The van der Waals surface area contributed by atoms with Crippen LogP contribution in [0.3, 0.4) is 0 Å². The zero-order chi connectivity index (χ0) is 32.0. The standard InChI is InChI=1S/C22H32N12O7S3/c1-32(2)6-7-33-21(28-30-31-33)43-9-10-8-42-18-13(16(36)34(18)17(10)41-22(39)40)26-15(35)12(14-27-20(24)44-29-14)25-5-3-4-11(23)19(37)38/h11-13,18,25H,3-9,23H2,1-2H3,(H,26,35)(H,37,38)(H,39,40)(H2,24,27,29)/t11-,12+,13-,18+/m1/s1. The summed E-state index contributed by atoms with van der Waals surface area (Å²) in [6.45, 7) is 1.47. The third kappa shape index (κ3) is 8.12. The topological polar surface area (TPSA) is 270 Å². The number of nitrogen functional groups attached to an aromatic ring is 1. The van der Waals surface area contributed by atoms with Gasteiger partial charge in [-0.2, -0.15) is 4.37 Å². The number of aliphatic carboxylic acids is 1. The zero-order valence-corrected chi connectivity index (χ0v) is 26.1. The highest BCUT2D eigenvalue weighted by Crippen LogP contribution is 2.42. The minimum atomic E-state index is -1.58. The predicted octanol–water partition coefficient (Wildman–Crippen LogP) is -1.41. The Morgan fingerprint density at radius 3 is 2.73 bits per heavy atom. The molecular formula is C22H32N12O7S3. The maximum atomic E-state index is 13.3. The molecule has 1 fully saturated rings. The number of tetrazole rings is 1. The Kier molecular flexibility index (Phi) is 11.3. The van der Waals surface area contributed by atoms with E-state index in [1.54, 1.807) is 4.68 Å². The number of carboxylic acids is 1. The van der Waals surface area contributed by atoms with Gasteiger partial charge in [0.15, 0.2) is 11.0 Å². The number of aromatic nitrogens is 6. The number of nitrogens with two attached hydrogens (primary N) is 2. The molecule has 0 saturated carbocycles. The van der Waals surface area contributed by atoms with Gasteiger partial charge in [-0.3, -0.25) is 24.6 Å². The molecule has 22 heteroatoms. The molecule has 0 bridgehead atoms.